The maximum atomic E-state index is 14.6. The summed E-state index contributed by atoms with van der Waals surface area (Å²) in [6.45, 7) is -0.687. The molecule has 0 unspecified atom stereocenters. The zero-order valence-corrected chi connectivity index (χ0v) is 28.0. The summed E-state index contributed by atoms with van der Waals surface area (Å²) < 4.78 is 43.1. The molecule has 1 saturated carbocycles. The Balaban J connectivity index is 1.56. The van der Waals surface area contributed by atoms with Gasteiger partial charge in [0.2, 0.25) is 11.8 Å². The molecule has 1 fully saturated rings. The Kier molecular flexibility index (Phi) is 11.6. The summed E-state index contributed by atoms with van der Waals surface area (Å²) in [6, 6.07) is 25.9. The summed E-state index contributed by atoms with van der Waals surface area (Å²) in [5.41, 5.74) is 1.58. The van der Waals surface area contributed by atoms with Crippen LogP contribution in [-0.4, -0.2) is 43.8 Å². The van der Waals surface area contributed by atoms with Gasteiger partial charge in [0.25, 0.3) is 10.0 Å². The fourth-order valence-corrected chi connectivity index (χ4v) is 7.50. The van der Waals surface area contributed by atoms with E-state index in [2.05, 4.69) is 5.32 Å². The summed E-state index contributed by atoms with van der Waals surface area (Å²) in [6.07, 6.45) is 4.99. The number of carbonyl (C=O) groups is 2. The highest BCUT2D eigenvalue weighted by molar-refractivity contribution is 7.92. The van der Waals surface area contributed by atoms with Crippen molar-refractivity contribution in [1.29, 1.82) is 0 Å². The molecular weight excluding hydrogens is 660 g/mol. The molecule has 1 aliphatic rings. The van der Waals surface area contributed by atoms with Crippen LogP contribution in [0.2, 0.25) is 10.0 Å². The second kappa shape index (κ2) is 15.8. The Morgan fingerprint density at radius 2 is 1.49 bits per heavy atom. The lowest BCUT2D eigenvalue weighted by Gasteiger charge is -2.35. The smallest absolute Gasteiger partial charge is 0.264 e. The summed E-state index contributed by atoms with van der Waals surface area (Å²) >= 11 is 12.3. The lowest BCUT2D eigenvalue weighted by Crippen LogP contribution is -2.55. The molecule has 0 spiro atoms. The molecule has 11 heteroatoms. The highest BCUT2D eigenvalue weighted by Crippen LogP contribution is 2.28. The van der Waals surface area contributed by atoms with Crippen molar-refractivity contribution in [3.63, 3.8) is 0 Å². The Bertz CT molecular complexity index is 1770. The van der Waals surface area contributed by atoms with Crippen LogP contribution in [0.1, 0.15) is 43.2 Å². The lowest BCUT2D eigenvalue weighted by atomic mass is 9.94. The number of nitrogens with zero attached hydrogens (tertiary/aromatic N) is 2. The van der Waals surface area contributed by atoms with Crippen LogP contribution in [0.25, 0.3) is 0 Å². The monoisotopic (exact) mass is 695 g/mol. The van der Waals surface area contributed by atoms with Crippen LogP contribution in [0.5, 0.6) is 0 Å². The molecule has 1 atom stereocenters. The van der Waals surface area contributed by atoms with Crippen molar-refractivity contribution in [2.75, 3.05) is 10.8 Å². The van der Waals surface area contributed by atoms with Gasteiger partial charge in [-0.2, -0.15) is 0 Å². The number of halogens is 3. The zero-order chi connectivity index (χ0) is 33.4. The van der Waals surface area contributed by atoms with Gasteiger partial charge in [0, 0.05) is 29.1 Å². The lowest BCUT2D eigenvalue weighted by molar-refractivity contribution is -0.140. The van der Waals surface area contributed by atoms with Crippen molar-refractivity contribution in [2.45, 2.75) is 62.0 Å². The van der Waals surface area contributed by atoms with E-state index in [0.717, 1.165) is 42.0 Å². The number of anilines is 1. The van der Waals surface area contributed by atoms with Gasteiger partial charge in [0.05, 0.1) is 10.6 Å². The fraction of sp³-hybridized carbons (Fsp3) is 0.278. The first-order valence-electron chi connectivity index (χ1n) is 15.5. The number of hydrogen-bond donors (Lipinski definition) is 1. The van der Waals surface area contributed by atoms with Crippen LogP contribution in [0.3, 0.4) is 0 Å². The third-order valence-corrected chi connectivity index (χ3v) is 10.5. The first kappa shape index (κ1) is 34.4. The first-order chi connectivity index (χ1) is 22.6. The molecule has 0 bridgehead atoms. The maximum Gasteiger partial charge on any atom is 0.264 e. The van der Waals surface area contributed by atoms with Gasteiger partial charge >= 0.3 is 0 Å². The minimum atomic E-state index is -4.30. The number of hydrogen-bond acceptors (Lipinski definition) is 4. The van der Waals surface area contributed by atoms with Gasteiger partial charge in [-0.05, 0) is 78.6 Å². The molecule has 4 aromatic rings. The summed E-state index contributed by atoms with van der Waals surface area (Å²) in [5, 5.41) is 3.80. The van der Waals surface area contributed by atoms with Crippen molar-refractivity contribution in [2.24, 2.45) is 0 Å². The Labute approximate surface area is 285 Å². The number of carbonyl (C=O) groups excluding carboxylic acids is 2. The normalized spacial score (nSPS) is 14.3. The van der Waals surface area contributed by atoms with E-state index in [4.69, 9.17) is 23.2 Å². The molecule has 4 aromatic carbocycles. The molecule has 0 aromatic heterocycles. The first-order valence-corrected chi connectivity index (χ1v) is 17.7. The van der Waals surface area contributed by atoms with Crippen molar-refractivity contribution in [3.8, 4) is 0 Å². The van der Waals surface area contributed by atoms with Crippen molar-refractivity contribution >= 4 is 50.7 Å². The molecule has 47 heavy (non-hydrogen) atoms. The zero-order valence-electron chi connectivity index (χ0n) is 25.7. The number of benzene rings is 4. The minimum absolute atomic E-state index is 0.0226. The Morgan fingerprint density at radius 3 is 2.15 bits per heavy atom. The third kappa shape index (κ3) is 9.12. The second-order valence-corrected chi connectivity index (χ2v) is 14.4. The molecule has 0 saturated heterocycles. The van der Waals surface area contributed by atoms with E-state index in [1.807, 2.05) is 30.3 Å². The van der Waals surface area contributed by atoms with Gasteiger partial charge in [0.15, 0.2) is 0 Å². The number of sulfonamides is 1. The largest absolute Gasteiger partial charge is 0.352 e. The van der Waals surface area contributed by atoms with E-state index in [0.29, 0.717) is 10.6 Å². The van der Waals surface area contributed by atoms with E-state index < -0.39 is 34.3 Å². The maximum absolute atomic E-state index is 14.6. The highest BCUT2D eigenvalue weighted by Gasteiger charge is 2.35. The van der Waals surface area contributed by atoms with Gasteiger partial charge in [-0.3, -0.25) is 13.9 Å². The summed E-state index contributed by atoms with van der Waals surface area (Å²) in [7, 11) is -4.30. The quantitative estimate of drug-likeness (QED) is 0.167. The van der Waals surface area contributed by atoms with Crippen LogP contribution < -0.4 is 9.62 Å². The van der Waals surface area contributed by atoms with E-state index in [9.17, 15) is 22.4 Å². The highest BCUT2D eigenvalue weighted by atomic mass is 35.5. The molecule has 0 aliphatic heterocycles. The molecule has 1 aliphatic carbocycles. The average molecular weight is 697 g/mol. The van der Waals surface area contributed by atoms with Gasteiger partial charge < -0.3 is 10.2 Å². The van der Waals surface area contributed by atoms with Crippen molar-refractivity contribution in [1.82, 2.24) is 10.2 Å². The molecule has 2 amide bonds. The van der Waals surface area contributed by atoms with Gasteiger partial charge in [-0.15, -0.1) is 0 Å². The Morgan fingerprint density at radius 1 is 0.809 bits per heavy atom. The number of nitrogens with one attached hydrogen (secondary N) is 1. The molecule has 5 rings (SSSR count). The van der Waals surface area contributed by atoms with Crippen molar-refractivity contribution in [3.05, 3.63) is 130 Å². The molecule has 0 heterocycles. The number of amides is 2. The summed E-state index contributed by atoms with van der Waals surface area (Å²) in [5.74, 6) is -1.39. The molecule has 7 nitrogen and oxygen atoms in total. The van der Waals surface area contributed by atoms with Crippen LogP contribution in [0, 0.1) is 5.82 Å². The SMILES string of the molecule is O=C(NC1CCCCC1)[C@@H](Cc1ccccc1)N(Cc1ccc(F)cc1)C(=O)CN(c1cccc(Cl)c1)S(=O)(=O)c1ccc(Cl)cc1. The third-order valence-electron chi connectivity index (χ3n) is 8.27. The molecule has 246 valence electrons. The predicted octanol–water partition coefficient (Wildman–Crippen LogP) is 7.42. The van der Waals surface area contributed by atoms with E-state index >= 15 is 0 Å². The van der Waals surface area contributed by atoms with E-state index in [1.165, 1.54) is 47.4 Å². The predicted molar refractivity (Wildman–Crippen MR) is 183 cm³/mol. The van der Waals surface area contributed by atoms with E-state index in [1.54, 1.807) is 30.3 Å². The molecular formula is C36H36Cl2FN3O4S. The van der Waals surface area contributed by atoms with Gasteiger partial charge in [-0.25, -0.2) is 12.8 Å². The summed E-state index contributed by atoms with van der Waals surface area (Å²) in [4.78, 5) is 30.0. The van der Waals surface area contributed by atoms with Crippen LogP contribution >= 0.6 is 23.2 Å². The van der Waals surface area contributed by atoms with Crippen LogP contribution in [0.15, 0.2) is 108 Å². The minimum Gasteiger partial charge on any atom is -0.352 e. The molecule has 0 radical (unpaired) electrons. The standard InChI is InChI=1S/C36H36Cl2FN3O4S/c37-28-16-20-33(21-17-28)47(45,46)42(32-13-7-10-29(38)23-32)25-35(43)41(24-27-14-18-30(39)19-15-27)34(22-26-8-3-1-4-9-26)36(44)40-31-11-5-2-6-12-31/h1,3-4,7-10,13-21,23,31,34H,2,5-6,11-12,22,24-25H2,(H,40,44)/t34-/m1/s1. The Hall–Kier alpha value is -3.92. The van der Waals surface area contributed by atoms with Gasteiger partial charge in [-0.1, -0.05) is 91.0 Å². The van der Waals surface area contributed by atoms with E-state index in [-0.39, 0.29) is 40.5 Å². The second-order valence-electron chi connectivity index (χ2n) is 11.6. The fourth-order valence-electron chi connectivity index (χ4n) is 5.78. The van der Waals surface area contributed by atoms with Gasteiger partial charge in [0.1, 0.15) is 18.4 Å². The van der Waals surface area contributed by atoms with Crippen LogP contribution in [-0.2, 0) is 32.6 Å². The van der Waals surface area contributed by atoms with Crippen molar-refractivity contribution < 1.29 is 22.4 Å². The topological polar surface area (TPSA) is 86.8 Å². The number of rotatable bonds is 12. The molecule has 1 N–H and O–H groups in total. The average Bonchev–Trinajstić information content (AvgIpc) is 3.07. The van der Waals surface area contributed by atoms with Crippen LogP contribution in [0.4, 0.5) is 10.1 Å².